The molecule has 2 amide bonds. The number of sulfonamides is 1. The summed E-state index contributed by atoms with van der Waals surface area (Å²) < 4.78 is 32.3. The van der Waals surface area contributed by atoms with Gasteiger partial charge in [-0.1, -0.05) is 29.4 Å². The van der Waals surface area contributed by atoms with Gasteiger partial charge in [-0.15, -0.1) is 0 Å². The van der Waals surface area contributed by atoms with E-state index in [0.717, 1.165) is 10.3 Å². The lowest BCUT2D eigenvalue weighted by molar-refractivity contribution is 0.0613. The zero-order valence-electron chi connectivity index (χ0n) is 15.2. The van der Waals surface area contributed by atoms with Crippen molar-refractivity contribution in [3.8, 4) is 0 Å². The van der Waals surface area contributed by atoms with Gasteiger partial charge in [0.25, 0.3) is 11.8 Å². The van der Waals surface area contributed by atoms with Crippen LogP contribution in [-0.2, 0) is 10.0 Å². The second-order valence-corrected chi connectivity index (χ2v) is 8.23. The molecule has 1 aliphatic rings. The van der Waals surface area contributed by atoms with Crippen molar-refractivity contribution >= 4 is 32.6 Å². The number of carbonyl (C=O) groups is 2. The van der Waals surface area contributed by atoms with Gasteiger partial charge in [-0.3, -0.25) is 14.5 Å². The van der Waals surface area contributed by atoms with Gasteiger partial charge in [-0.05, 0) is 31.4 Å². The third-order valence-corrected chi connectivity index (χ3v) is 6.42. The fourth-order valence-corrected chi connectivity index (χ4v) is 4.85. The van der Waals surface area contributed by atoms with Crippen LogP contribution in [-0.4, -0.2) is 43.4 Å². The molecule has 1 N–H and O–H groups in total. The van der Waals surface area contributed by atoms with E-state index in [2.05, 4.69) is 9.88 Å². The number of rotatable bonds is 5. The van der Waals surface area contributed by atoms with Gasteiger partial charge in [0.1, 0.15) is 10.6 Å². The van der Waals surface area contributed by atoms with E-state index in [1.165, 1.54) is 13.8 Å². The molecule has 0 aliphatic carbocycles. The number of amides is 2. The first kappa shape index (κ1) is 18.3. The summed E-state index contributed by atoms with van der Waals surface area (Å²) in [7, 11) is -3.87. The maximum atomic E-state index is 12.8. The van der Waals surface area contributed by atoms with Gasteiger partial charge in [-0.25, -0.2) is 13.1 Å². The summed E-state index contributed by atoms with van der Waals surface area (Å²) in [6.07, 6.45) is 0. The van der Waals surface area contributed by atoms with Crippen molar-refractivity contribution < 1.29 is 22.5 Å². The van der Waals surface area contributed by atoms with E-state index in [9.17, 15) is 18.0 Å². The largest absolute Gasteiger partial charge is 0.360 e. The molecule has 0 saturated heterocycles. The van der Waals surface area contributed by atoms with Crippen molar-refractivity contribution in [2.45, 2.75) is 18.7 Å². The Morgan fingerprint density at radius 2 is 1.64 bits per heavy atom. The highest BCUT2D eigenvalue weighted by atomic mass is 32.2. The lowest BCUT2D eigenvalue weighted by atomic mass is 9.94. The van der Waals surface area contributed by atoms with Crippen LogP contribution >= 0.6 is 0 Å². The molecule has 2 aromatic carbocycles. The van der Waals surface area contributed by atoms with Gasteiger partial charge in [0.15, 0.2) is 5.76 Å². The fraction of sp³-hybridized carbons (Fsp3) is 0.211. The smallest absolute Gasteiger partial charge is 0.261 e. The van der Waals surface area contributed by atoms with Crippen molar-refractivity contribution in [3.63, 3.8) is 0 Å². The van der Waals surface area contributed by atoms with Crippen LogP contribution in [0.25, 0.3) is 10.8 Å². The first-order valence-electron chi connectivity index (χ1n) is 8.62. The topological polar surface area (TPSA) is 110 Å². The molecule has 0 unspecified atom stereocenters. The molecule has 1 aliphatic heterocycles. The molecule has 3 aromatic rings. The number of nitrogens with one attached hydrogen (secondary N) is 1. The fourth-order valence-electron chi connectivity index (χ4n) is 3.51. The second kappa shape index (κ2) is 6.54. The van der Waals surface area contributed by atoms with Crippen LogP contribution in [0.3, 0.4) is 0 Å². The average Bonchev–Trinajstić information content (AvgIpc) is 3.01. The van der Waals surface area contributed by atoms with E-state index >= 15 is 0 Å². The molecule has 1 aromatic heterocycles. The number of aryl methyl sites for hydroxylation is 2. The summed E-state index contributed by atoms with van der Waals surface area (Å²) in [6.45, 7) is 2.82. The standard InChI is InChI=1S/C19H17N3O5S/c1-11-17(12(2)27-21-11)28(25,26)20-9-10-22-18(23)14-7-3-5-13-6-4-8-15(16(13)14)19(22)24/h3-8,20H,9-10H2,1-2H3. The Labute approximate surface area is 161 Å². The van der Waals surface area contributed by atoms with E-state index in [0.29, 0.717) is 16.5 Å². The Morgan fingerprint density at radius 3 is 2.18 bits per heavy atom. The zero-order chi connectivity index (χ0) is 20.1. The van der Waals surface area contributed by atoms with Crippen molar-refractivity contribution in [2.24, 2.45) is 0 Å². The van der Waals surface area contributed by atoms with Crippen LogP contribution in [0.15, 0.2) is 45.8 Å². The molecule has 4 rings (SSSR count). The van der Waals surface area contributed by atoms with Gasteiger partial charge >= 0.3 is 0 Å². The minimum absolute atomic E-state index is 0.0288. The third-order valence-electron chi connectivity index (χ3n) is 4.72. The number of aromatic nitrogens is 1. The number of carbonyl (C=O) groups excluding carboxylic acids is 2. The molecule has 0 atom stereocenters. The van der Waals surface area contributed by atoms with E-state index in [1.54, 1.807) is 24.3 Å². The molecule has 0 bridgehead atoms. The highest BCUT2D eigenvalue weighted by Crippen LogP contribution is 2.29. The van der Waals surface area contributed by atoms with Gasteiger partial charge in [0, 0.05) is 29.6 Å². The lowest BCUT2D eigenvalue weighted by Crippen LogP contribution is -2.44. The predicted octanol–water partition coefficient (Wildman–Crippen LogP) is 2.02. The Morgan fingerprint density at radius 1 is 1.04 bits per heavy atom. The first-order valence-corrected chi connectivity index (χ1v) is 10.1. The zero-order valence-corrected chi connectivity index (χ0v) is 16.0. The van der Waals surface area contributed by atoms with Crippen molar-refractivity contribution in [2.75, 3.05) is 13.1 Å². The molecule has 9 heteroatoms. The number of imide groups is 1. The lowest BCUT2D eigenvalue weighted by Gasteiger charge is -2.27. The van der Waals surface area contributed by atoms with Gasteiger partial charge in [-0.2, -0.15) is 0 Å². The summed E-state index contributed by atoms with van der Waals surface area (Å²) >= 11 is 0. The minimum Gasteiger partial charge on any atom is -0.360 e. The van der Waals surface area contributed by atoms with Crippen molar-refractivity contribution in [3.05, 3.63) is 59.0 Å². The average molecular weight is 399 g/mol. The molecular weight excluding hydrogens is 382 g/mol. The molecule has 0 saturated carbocycles. The first-order chi connectivity index (χ1) is 13.3. The molecule has 0 radical (unpaired) electrons. The second-order valence-electron chi connectivity index (χ2n) is 6.52. The van der Waals surface area contributed by atoms with E-state index in [-0.39, 0.29) is 29.4 Å². The molecule has 28 heavy (non-hydrogen) atoms. The molecular formula is C19H17N3O5S. The van der Waals surface area contributed by atoms with Crippen LogP contribution in [0.1, 0.15) is 32.2 Å². The summed E-state index contributed by atoms with van der Waals surface area (Å²) in [5, 5.41) is 5.09. The molecule has 0 fully saturated rings. The molecule has 0 spiro atoms. The molecule has 8 nitrogen and oxygen atoms in total. The summed E-state index contributed by atoms with van der Waals surface area (Å²) in [4.78, 5) is 26.7. The minimum atomic E-state index is -3.87. The Balaban J connectivity index is 1.57. The Bertz CT molecular complexity index is 1160. The van der Waals surface area contributed by atoms with E-state index in [4.69, 9.17) is 4.52 Å². The number of nitrogens with zero attached hydrogens (tertiary/aromatic N) is 2. The quantitative estimate of drug-likeness (QED) is 0.658. The number of benzene rings is 2. The van der Waals surface area contributed by atoms with Gasteiger partial charge in [0.05, 0.1) is 0 Å². The normalized spacial score (nSPS) is 14.1. The summed E-state index contributed by atoms with van der Waals surface area (Å²) in [5.74, 6) is -0.701. The predicted molar refractivity (Wildman–Crippen MR) is 100 cm³/mol. The molecule has 2 heterocycles. The number of hydrogen-bond acceptors (Lipinski definition) is 6. The van der Waals surface area contributed by atoms with Crippen molar-refractivity contribution in [1.82, 2.24) is 14.8 Å². The third kappa shape index (κ3) is 2.79. The summed E-state index contributed by atoms with van der Waals surface area (Å²) in [6, 6.07) is 10.5. The van der Waals surface area contributed by atoms with Gasteiger partial charge in [0.2, 0.25) is 10.0 Å². The number of hydrogen-bond donors (Lipinski definition) is 1. The molecule has 144 valence electrons. The SMILES string of the molecule is Cc1noc(C)c1S(=O)(=O)NCCN1C(=O)c2cccc3cccc(c23)C1=O. The maximum Gasteiger partial charge on any atom is 0.261 e. The van der Waals surface area contributed by atoms with Crippen LogP contribution < -0.4 is 4.72 Å². The van der Waals surface area contributed by atoms with E-state index in [1.807, 2.05) is 12.1 Å². The Hall–Kier alpha value is -3.04. The monoisotopic (exact) mass is 399 g/mol. The van der Waals surface area contributed by atoms with Crippen LogP contribution in [0.5, 0.6) is 0 Å². The Kier molecular flexibility index (Phi) is 4.28. The highest BCUT2D eigenvalue weighted by molar-refractivity contribution is 7.89. The van der Waals surface area contributed by atoms with Crippen LogP contribution in [0, 0.1) is 13.8 Å². The highest BCUT2D eigenvalue weighted by Gasteiger charge is 2.33. The summed E-state index contributed by atoms with van der Waals surface area (Å²) in [5.41, 5.74) is 1.11. The van der Waals surface area contributed by atoms with Crippen LogP contribution in [0.4, 0.5) is 0 Å². The van der Waals surface area contributed by atoms with Crippen molar-refractivity contribution in [1.29, 1.82) is 0 Å². The maximum absolute atomic E-state index is 12.8. The van der Waals surface area contributed by atoms with E-state index < -0.39 is 21.8 Å². The van der Waals surface area contributed by atoms with Gasteiger partial charge < -0.3 is 4.52 Å². The van der Waals surface area contributed by atoms with Crippen LogP contribution in [0.2, 0.25) is 0 Å².